The molecule has 1 heterocycles. The molecule has 0 saturated heterocycles. The minimum atomic E-state index is 0.0449. The summed E-state index contributed by atoms with van der Waals surface area (Å²) in [6.45, 7) is 5.03. The molecule has 92 valence electrons. The summed E-state index contributed by atoms with van der Waals surface area (Å²) in [6, 6.07) is 8.19. The fourth-order valence-electron chi connectivity index (χ4n) is 2.15. The standard InChI is InChI=1S/C14H19NOS/c1-14(2,10-17)9-15-12-6-4-3-5-11(12)7-8-13(15)16/h3-6,17H,7-10H2,1-2H3. The highest BCUT2D eigenvalue weighted by Gasteiger charge is 2.28. The molecule has 3 heteroatoms. The smallest absolute Gasteiger partial charge is 0.227 e. The van der Waals surface area contributed by atoms with Crippen molar-refractivity contribution < 1.29 is 4.79 Å². The van der Waals surface area contributed by atoms with Crippen LogP contribution in [-0.2, 0) is 11.2 Å². The minimum Gasteiger partial charge on any atom is -0.312 e. The molecule has 1 amide bonds. The first-order chi connectivity index (χ1) is 8.03. The predicted molar refractivity (Wildman–Crippen MR) is 74.8 cm³/mol. The first-order valence-electron chi connectivity index (χ1n) is 6.03. The van der Waals surface area contributed by atoms with Crippen molar-refractivity contribution in [1.82, 2.24) is 0 Å². The molecule has 0 radical (unpaired) electrons. The van der Waals surface area contributed by atoms with Gasteiger partial charge in [-0.05, 0) is 29.2 Å². The first-order valence-corrected chi connectivity index (χ1v) is 6.66. The number of benzene rings is 1. The molecule has 1 aliphatic heterocycles. The number of aryl methyl sites for hydroxylation is 1. The highest BCUT2D eigenvalue weighted by Crippen LogP contribution is 2.30. The van der Waals surface area contributed by atoms with Crippen LogP contribution in [0.3, 0.4) is 0 Å². The van der Waals surface area contributed by atoms with Crippen LogP contribution in [0.4, 0.5) is 5.69 Å². The normalized spacial score (nSPS) is 15.9. The van der Waals surface area contributed by atoms with Gasteiger partial charge in [0.15, 0.2) is 0 Å². The first kappa shape index (κ1) is 12.5. The molecule has 0 N–H and O–H groups in total. The van der Waals surface area contributed by atoms with E-state index in [0.29, 0.717) is 6.42 Å². The number of carbonyl (C=O) groups is 1. The van der Waals surface area contributed by atoms with Crippen LogP contribution >= 0.6 is 12.6 Å². The molecule has 0 aromatic heterocycles. The molecule has 0 saturated carbocycles. The number of anilines is 1. The van der Waals surface area contributed by atoms with E-state index in [1.54, 1.807) is 0 Å². The summed E-state index contributed by atoms with van der Waals surface area (Å²) in [6.07, 6.45) is 1.49. The Labute approximate surface area is 108 Å². The van der Waals surface area contributed by atoms with Crippen LogP contribution in [-0.4, -0.2) is 18.2 Å². The van der Waals surface area contributed by atoms with Crippen molar-refractivity contribution in [2.24, 2.45) is 5.41 Å². The van der Waals surface area contributed by atoms with Crippen LogP contribution in [0, 0.1) is 5.41 Å². The SMILES string of the molecule is CC(C)(CS)CN1C(=O)CCc2ccccc21. The number of amides is 1. The van der Waals surface area contributed by atoms with Crippen molar-refractivity contribution in [3.63, 3.8) is 0 Å². The summed E-state index contributed by atoms with van der Waals surface area (Å²) in [5, 5.41) is 0. The summed E-state index contributed by atoms with van der Waals surface area (Å²) >= 11 is 4.36. The zero-order valence-corrected chi connectivity index (χ0v) is 11.3. The van der Waals surface area contributed by atoms with Gasteiger partial charge in [-0.1, -0.05) is 32.0 Å². The van der Waals surface area contributed by atoms with Crippen LogP contribution in [0.2, 0.25) is 0 Å². The number of para-hydroxylation sites is 1. The van der Waals surface area contributed by atoms with E-state index < -0.39 is 0 Å². The Kier molecular flexibility index (Phi) is 3.48. The highest BCUT2D eigenvalue weighted by molar-refractivity contribution is 7.80. The molecular formula is C14H19NOS. The average Bonchev–Trinajstić information content (AvgIpc) is 2.33. The summed E-state index contributed by atoms with van der Waals surface area (Å²) in [5.41, 5.74) is 2.41. The zero-order valence-electron chi connectivity index (χ0n) is 10.4. The molecule has 0 bridgehead atoms. The summed E-state index contributed by atoms with van der Waals surface area (Å²) in [4.78, 5) is 14.0. The third-order valence-corrected chi connectivity index (χ3v) is 4.06. The maximum atomic E-state index is 12.1. The van der Waals surface area contributed by atoms with Gasteiger partial charge in [0.05, 0.1) is 0 Å². The van der Waals surface area contributed by atoms with Gasteiger partial charge >= 0.3 is 0 Å². The van der Waals surface area contributed by atoms with Crippen molar-refractivity contribution in [2.45, 2.75) is 26.7 Å². The van der Waals surface area contributed by atoms with Crippen molar-refractivity contribution >= 4 is 24.2 Å². The Morgan fingerprint density at radius 1 is 1.29 bits per heavy atom. The molecule has 0 spiro atoms. The quantitative estimate of drug-likeness (QED) is 0.817. The molecule has 1 aromatic rings. The lowest BCUT2D eigenvalue weighted by molar-refractivity contribution is -0.119. The van der Waals surface area contributed by atoms with E-state index >= 15 is 0 Å². The molecule has 0 fully saturated rings. The van der Waals surface area contributed by atoms with E-state index in [0.717, 1.165) is 24.4 Å². The van der Waals surface area contributed by atoms with Gasteiger partial charge in [0.25, 0.3) is 0 Å². The fraction of sp³-hybridized carbons (Fsp3) is 0.500. The summed E-state index contributed by atoms with van der Waals surface area (Å²) in [5.74, 6) is 1.01. The Morgan fingerprint density at radius 3 is 2.71 bits per heavy atom. The molecule has 2 rings (SSSR count). The largest absolute Gasteiger partial charge is 0.312 e. The lowest BCUT2D eigenvalue weighted by atomic mass is 9.92. The number of rotatable bonds is 3. The van der Waals surface area contributed by atoms with Gasteiger partial charge in [0.1, 0.15) is 0 Å². The van der Waals surface area contributed by atoms with Gasteiger partial charge < -0.3 is 4.90 Å². The number of nitrogens with zero attached hydrogens (tertiary/aromatic N) is 1. The molecule has 1 aliphatic rings. The van der Waals surface area contributed by atoms with E-state index in [1.165, 1.54) is 5.56 Å². The molecule has 0 atom stereocenters. The maximum Gasteiger partial charge on any atom is 0.227 e. The highest BCUT2D eigenvalue weighted by atomic mass is 32.1. The average molecular weight is 249 g/mol. The number of hydrogen-bond acceptors (Lipinski definition) is 2. The monoisotopic (exact) mass is 249 g/mol. The number of fused-ring (bicyclic) bond motifs is 1. The Bertz CT molecular complexity index is 428. The van der Waals surface area contributed by atoms with Crippen molar-refractivity contribution in [3.05, 3.63) is 29.8 Å². The van der Waals surface area contributed by atoms with Crippen LogP contribution in [0.25, 0.3) is 0 Å². The van der Waals surface area contributed by atoms with Gasteiger partial charge in [-0.25, -0.2) is 0 Å². The fourth-order valence-corrected chi connectivity index (χ4v) is 2.25. The summed E-state index contributed by atoms with van der Waals surface area (Å²) < 4.78 is 0. The van der Waals surface area contributed by atoms with E-state index in [9.17, 15) is 4.79 Å². The third-order valence-electron chi connectivity index (χ3n) is 3.21. The van der Waals surface area contributed by atoms with Crippen LogP contribution in [0.1, 0.15) is 25.8 Å². The third kappa shape index (κ3) is 2.65. The Balaban J connectivity index is 2.30. The van der Waals surface area contributed by atoms with Gasteiger partial charge in [0.2, 0.25) is 5.91 Å². The maximum absolute atomic E-state index is 12.1. The van der Waals surface area contributed by atoms with E-state index in [-0.39, 0.29) is 11.3 Å². The second kappa shape index (κ2) is 4.73. The van der Waals surface area contributed by atoms with Gasteiger partial charge in [-0.2, -0.15) is 12.6 Å². The molecule has 17 heavy (non-hydrogen) atoms. The van der Waals surface area contributed by atoms with E-state index in [1.807, 2.05) is 23.1 Å². The molecule has 1 aromatic carbocycles. The van der Waals surface area contributed by atoms with E-state index in [2.05, 4.69) is 32.5 Å². The van der Waals surface area contributed by atoms with Crippen LogP contribution < -0.4 is 4.90 Å². The van der Waals surface area contributed by atoms with Crippen LogP contribution in [0.15, 0.2) is 24.3 Å². The Morgan fingerprint density at radius 2 is 2.00 bits per heavy atom. The number of carbonyl (C=O) groups excluding carboxylic acids is 1. The zero-order chi connectivity index (χ0) is 12.5. The predicted octanol–water partition coefficient (Wildman–Crippen LogP) is 2.92. The van der Waals surface area contributed by atoms with Crippen LogP contribution in [0.5, 0.6) is 0 Å². The van der Waals surface area contributed by atoms with Crippen molar-refractivity contribution in [1.29, 1.82) is 0 Å². The molecular weight excluding hydrogens is 230 g/mol. The van der Waals surface area contributed by atoms with Crippen molar-refractivity contribution in [3.8, 4) is 0 Å². The Hall–Kier alpha value is -0.960. The van der Waals surface area contributed by atoms with Gasteiger partial charge in [-0.3, -0.25) is 4.79 Å². The van der Waals surface area contributed by atoms with E-state index in [4.69, 9.17) is 0 Å². The lowest BCUT2D eigenvalue weighted by Gasteiger charge is -2.35. The molecule has 0 aliphatic carbocycles. The molecule has 2 nitrogen and oxygen atoms in total. The summed E-state index contributed by atoms with van der Waals surface area (Å²) in [7, 11) is 0. The minimum absolute atomic E-state index is 0.0449. The second-order valence-electron chi connectivity index (χ2n) is 5.43. The van der Waals surface area contributed by atoms with Gasteiger partial charge in [0, 0.05) is 18.7 Å². The van der Waals surface area contributed by atoms with Crippen molar-refractivity contribution in [2.75, 3.05) is 17.2 Å². The lowest BCUT2D eigenvalue weighted by Crippen LogP contribution is -2.42. The topological polar surface area (TPSA) is 20.3 Å². The van der Waals surface area contributed by atoms with Gasteiger partial charge in [-0.15, -0.1) is 0 Å². The number of hydrogen-bond donors (Lipinski definition) is 1. The molecule has 0 unspecified atom stereocenters. The second-order valence-corrected chi connectivity index (χ2v) is 5.75. The number of thiol groups is 1.